The van der Waals surface area contributed by atoms with E-state index in [0.717, 1.165) is 15.8 Å². The molecule has 23 heavy (non-hydrogen) atoms. The summed E-state index contributed by atoms with van der Waals surface area (Å²) in [5.74, 6) is 1.47. The van der Waals surface area contributed by atoms with E-state index in [1.807, 2.05) is 30.3 Å². The van der Waals surface area contributed by atoms with Gasteiger partial charge in [0.05, 0.1) is 6.21 Å². The van der Waals surface area contributed by atoms with Crippen LogP contribution in [0.25, 0.3) is 11.3 Å². The van der Waals surface area contributed by atoms with Crippen LogP contribution in [0.1, 0.15) is 11.5 Å². The molecule has 1 aromatic carbocycles. The van der Waals surface area contributed by atoms with Crippen LogP contribution in [-0.2, 0) is 0 Å². The number of hydrazone groups is 1. The Labute approximate surface area is 139 Å². The number of nitrogens with one attached hydrogen (secondary N) is 2. The first-order chi connectivity index (χ1) is 11.1. The van der Waals surface area contributed by atoms with Crippen molar-refractivity contribution in [2.24, 2.45) is 5.10 Å². The maximum Gasteiger partial charge on any atom is 0.274 e. The van der Waals surface area contributed by atoms with Crippen LogP contribution in [-0.4, -0.2) is 21.4 Å². The largest absolute Gasteiger partial charge is 0.455 e. The number of halogens is 1. The maximum atomic E-state index is 11.4. The standard InChI is InChI=1S/C15H12BrN5O2/c1-9-14(22)18-15(21-19-9)20-17-8-12-6-7-13(23-12)10-2-4-11(16)5-3-10/h2-8H,1H3,(H2,18,20,21,22)/b17-8-. The van der Waals surface area contributed by atoms with Gasteiger partial charge in [0, 0.05) is 10.0 Å². The van der Waals surface area contributed by atoms with Crippen molar-refractivity contribution in [1.82, 2.24) is 15.2 Å². The SMILES string of the molecule is Cc1nnc(N/N=C\c2ccc(-c3ccc(Br)cc3)o2)[nH]c1=O. The minimum absolute atomic E-state index is 0.163. The highest BCUT2D eigenvalue weighted by Gasteiger charge is 2.03. The fourth-order valence-electron chi connectivity index (χ4n) is 1.79. The number of aromatic nitrogens is 3. The molecule has 7 nitrogen and oxygen atoms in total. The van der Waals surface area contributed by atoms with Crippen molar-refractivity contribution in [2.75, 3.05) is 5.43 Å². The van der Waals surface area contributed by atoms with Crippen LogP contribution in [0.15, 0.2) is 55.2 Å². The van der Waals surface area contributed by atoms with Crippen molar-refractivity contribution >= 4 is 28.1 Å². The molecular formula is C15H12BrN5O2. The number of hydrogen-bond acceptors (Lipinski definition) is 6. The van der Waals surface area contributed by atoms with E-state index in [4.69, 9.17) is 4.42 Å². The van der Waals surface area contributed by atoms with Crippen molar-refractivity contribution in [3.63, 3.8) is 0 Å². The van der Waals surface area contributed by atoms with Crippen LogP contribution in [0.2, 0.25) is 0 Å². The minimum atomic E-state index is -0.312. The predicted octanol–water partition coefficient (Wildman–Crippen LogP) is 2.94. The van der Waals surface area contributed by atoms with Gasteiger partial charge in [0.25, 0.3) is 5.56 Å². The van der Waals surface area contributed by atoms with Crippen LogP contribution >= 0.6 is 15.9 Å². The van der Waals surface area contributed by atoms with E-state index >= 15 is 0 Å². The van der Waals surface area contributed by atoms with E-state index in [-0.39, 0.29) is 11.5 Å². The lowest BCUT2D eigenvalue weighted by molar-refractivity contribution is 0.575. The van der Waals surface area contributed by atoms with Crippen LogP contribution < -0.4 is 11.0 Å². The summed E-state index contributed by atoms with van der Waals surface area (Å²) in [6, 6.07) is 11.5. The van der Waals surface area contributed by atoms with Crippen LogP contribution in [0, 0.1) is 6.92 Å². The monoisotopic (exact) mass is 373 g/mol. The first-order valence-corrected chi connectivity index (χ1v) is 7.49. The van der Waals surface area contributed by atoms with Crippen molar-refractivity contribution < 1.29 is 4.42 Å². The molecule has 3 rings (SSSR count). The average molecular weight is 374 g/mol. The number of nitrogens with zero attached hydrogens (tertiary/aromatic N) is 3. The summed E-state index contributed by atoms with van der Waals surface area (Å²) in [6.45, 7) is 1.57. The van der Waals surface area contributed by atoms with Crippen molar-refractivity contribution in [2.45, 2.75) is 6.92 Å². The van der Waals surface area contributed by atoms with Gasteiger partial charge in [-0.25, -0.2) is 5.43 Å². The summed E-state index contributed by atoms with van der Waals surface area (Å²) in [5, 5.41) is 11.4. The number of benzene rings is 1. The lowest BCUT2D eigenvalue weighted by atomic mass is 10.2. The Kier molecular flexibility index (Phi) is 4.33. The molecule has 0 saturated heterocycles. The summed E-state index contributed by atoms with van der Waals surface area (Å²) in [4.78, 5) is 13.9. The summed E-state index contributed by atoms with van der Waals surface area (Å²) in [5.41, 5.74) is 3.54. The van der Waals surface area contributed by atoms with E-state index < -0.39 is 0 Å². The van der Waals surface area contributed by atoms with Gasteiger partial charge < -0.3 is 4.42 Å². The Hall–Kier alpha value is -2.74. The molecule has 116 valence electrons. The normalized spacial score (nSPS) is 11.0. The number of aryl methyl sites for hydroxylation is 1. The third kappa shape index (κ3) is 3.72. The highest BCUT2D eigenvalue weighted by molar-refractivity contribution is 9.10. The molecule has 0 amide bonds. The van der Waals surface area contributed by atoms with Crippen molar-refractivity contribution in [3.05, 3.63) is 62.7 Å². The third-order valence-corrected chi connectivity index (χ3v) is 3.51. The van der Waals surface area contributed by atoms with Crippen molar-refractivity contribution in [3.8, 4) is 11.3 Å². The molecule has 0 unspecified atom stereocenters. The second-order valence-electron chi connectivity index (χ2n) is 4.67. The molecule has 0 aliphatic carbocycles. The maximum absolute atomic E-state index is 11.4. The highest BCUT2D eigenvalue weighted by Crippen LogP contribution is 2.23. The van der Waals surface area contributed by atoms with Gasteiger partial charge in [0.2, 0.25) is 5.95 Å². The molecule has 3 aromatic rings. The zero-order valence-corrected chi connectivity index (χ0v) is 13.7. The van der Waals surface area contributed by atoms with E-state index in [1.54, 1.807) is 13.0 Å². The van der Waals surface area contributed by atoms with Crippen LogP contribution in [0.5, 0.6) is 0 Å². The lowest BCUT2D eigenvalue weighted by Gasteiger charge is -1.97. The molecule has 0 atom stereocenters. The van der Waals surface area contributed by atoms with Gasteiger partial charge >= 0.3 is 0 Å². The minimum Gasteiger partial charge on any atom is -0.455 e. The molecule has 0 fully saturated rings. The lowest BCUT2D eigenvalue weighted by Crippen LogP contribution is -2.15. The van der Waals surface area contributed by atoms with Crippen LogP contribution in [0.3, 0.4) is 0 Å². The molecule has 2 aromatic heterocycles. The second kappa shape index (κ2) is 6.57. The van der Waals surface area contributed by atoms with Gasteiger partial charge in [-0.2, -0.15) is 5.10 Å². The predicted molar refractivity (Wildman–Crippen MR) is 90.5 cm³/mol. The van der Waals surface area contributed by atoms with E-state index in [9.17, 15) is 4.79 Å². The Bertz CT molecular complexity index is 899. The number of hydrogen-bond donors (Lipinski definition) is 2. The number of furan rings is 1. The summed E-state index contributed by atoms with van der Waals surface area (Å²) < 4.78 is 6.68. The highest BCUT2D eigenvalue weighted by atomic mass is 79.9. The first kappa shape index (κ1) is 15.2. The fourth-order valence-corrected chi connectivity index (χ4v) is 2.06. The smallest absolute Gasteiger partial charge is 0.274 e. The second-order valence-corrected chi connectivity index (χ2v) is 5.58. The molecule has 0 radical (unpaired) electrons. The number of anilines is 1. The summed E-state index contributed by atoms with van der Waals surface area (Å²) in [6.07, 6.45) is 1.49. The molecule has 0 aliphatic rings. The molecule has 2 N–H and O–H groups in total. The quantitative estimate of drug-likeness (QED) is 0.541. The van der Waals surface area contributed by atoms with Gasteiger partial charge in [0.1, 0.15) is 17.2 Å². The summed E-state index contributed by atoms with van der Waals surface area (Å²) >= 11 is 3.39. The molecule has 8 heteroatoms. The number of H-pyrrole nitrogens is 1. The Morgan fingerprint density at radius 1 is 1.22 bits per heavy atom. The molecule has 0 saturated carbocycles. The third-order valence-electron chi connectivity index (χ3n) is 2.98. The molecule has 0 spiro atoms. The summed E-state index contributed by atoms with van der Waals surface area (Å²) in [7, 11) is 0. The van der Waals surface area contributed by atoms with E-state index in [0.29, 0.717) is 11.5 Å². The van der Waals surface area contributed by atoms with Gasteiger partial charge in [0.15, 0.2) is 0 Å². The number of rotatable bonds is 4. The van der Waals surface area contributed by atoms with E-state index in [1.165, 1.54) is 6.21 Å². The Balaban J connectivity index is 1.69. The van der Waals surface area contributed by atoms with E-state index in [2.05, 4.69) is 41.6 Å². The molecule has 0 bridgehead atoms. The topological polar surface area (TPSA) is 96.2 Å². The zero-order chi connectivity index (χ0) is 16.2. The first-order valence-electron chi connectivity index (χ1n) is 6.70. The van der Waals surface area contributed by atoms with Gasteiger partial charge in [-0.15, -0.1) is 10.2 Å². The Morgan fingerprint density at radius 3 is 2.74 bits per heavy atom. The fraction of sp³-hybridized carbons (Fsp3) is 0.0667. The Morgan fingerprint density at radius 2 is 2.00 bits per heavy atom. The molecule has 2 heterocycles. The van der Waals surface area contributed by atoms with Gasteiger partial charge in [-0.05, 0) is 31.2 Å². The zero-order valence-electron chi connectivity index (χ0n) is 12.1. The van der Waals surface area contributed by atoms with Crippen molar-refractivity contribution in [1.29, 1.82) is 0 Å². The van der Waals surface area contributed by atoms with Gasteiger partial charge in [-0.3, -0.25) is 9.78 Å². The molecule has 0 aliphatic heterocycles. The van der Waals surface area contributed by atoms with Crippen LogP contribution in [0.4, 0.5) is 5.95 Å². The number of aromatic amines is 1. The average Bonchev–Trinajstić information content (AvgIpc) is 3.00. The molecular weight excluding hydrogens is 362 g/mol. The van der Waals surface area contributed by atoms with Gasteiger partial charge in [-0.1, -0.05) is 28.1 Å².